The fraction of sp³-hybridized carbons (Fsp3) is 0.304. The molecule has 3 aromatic rings. The molecule has 2 heterocycles. The Morgan fingerprint density at radius 2 is 1.80 bits per heavy atom. The minimum Gasteiger partial charge on any atom is -0.371 e. The number of nitrogens with zero attached hydrogens (tertiary/aromatic N) is 2. The quantitative estimate of drug-likeness (QED) is 0.663. The van der Waals surface area contributed by atoms with Gasteiger partial charge in [0.25, 0.3) is 5.91 Å². The lowest BCUT2D eigenvalue weighted by Crippen LogP contribution is -2.29. The smallest absolute Gasteiger partial charge is 0.257 e. The second-order valence-corrected chi connectivity index (χ2v) is 9.70. The van der Waals surface area contributed by atoms with Gasteiger partial charge in [-0.1, -0.05) is 19.1 Å². The van der Waals surface area contributed by atoms with E-state index in [1.54, 1.807) is 37.5 Å². The van der Waals surface area contributed by atoms with Crippen LogP contribution >= 0.6 is 0 Å². The summed E-state index contributed by atoms with van der Waals surface area (Å²) in [6.45, 7) is 3.61. The second-order valence-electron chi connectivity index (χ2n) is 7.45. The predicted octanol–water partition coefficient (Wildman–Crippen LogP) is 4.27. The number of benzene rings is 2. The molecule has 2 aromatic carbocycles. The molecule has 0 bridgehead atoms. The summed E-state index contributed by atoms with van der Waals surface area (Å²) >= 11 is 0. The lowest BCUT2D eigenvalue weighted by atomic mass is 10.0. The number of sulfone groups is 1. The molecule has 0 saturated carbocycles. The number of piperidine rings is 1. The first-order valence-corrected chi connectivity index (χ1v) is 11.9. The average Bonchev–Trinajstić information content (AvgIpc) is 2.80. The summed E-state index contributed by atoms with van der Waals surface area (Å²) in [4.78, 5) is 19.7. The van der Waals surface area contributed by atoms with Crippen LogP contribution in [-0.4, -0.2) is 38.2 Å². The third-order valence-electron chi connectivity index (χ3n) is 5.59. The molecular weight excluding hydrogens is 398 g/mol. The number of hydrogen-bond acceptors (Lipinski definition) is 5. The van der Waals surface area contributed by atoms with Crippen LogP contribution in [0.2, 0.25) is 0 Å². The Labute approximate surface area is 176 Å². The third kappa shape index (κ3) is 3.89. The van der Waals surface area contributed by atoms with Gasteiger partial charge in [-0.05, 0) is 49.6 Å². The highest BCUT2D eigenvalue weighted by atomic mass is 32.2. The molecule has 1 fully saturated rings. The van der Waals surface area contributed by atoms with E-state index >= 15 is 0 Å². The van der Waals surface area contributed by atoms with E-state index in [1.165, 1.54) is 25.3 Å². The highest BCUT2D eigenvalue weighted by Gasteiger charge is 2.22. The van der Waals surface area contributed by atoms with Crippen LogP contribution in [0.25, 0.3) is 10.8 Å². The van der Waals surface area contributed by atoms with E-state index in [2.05, 4.69) is 15.2 Å². The molecule has 156 valence electrons. The molecule has 1 aromatic heterocycles. The van der Waals surface area contributed by atoms with Crippen molar-refractivity contribution in [1.82, 2.24) is 4.98 Å². The van der Waals surface area contributed by atoms with Gasteiger partial charge in [0, 0.05) is 41.9 Å². The monoisotopic (exact) mass is 423 g/mol. The Morgan fingerprint density at radius 1 is 1.03 bits per heavy atom. The maximum Gasteiger partial charge on any atom is 0.257 e. The van der Waals surface area contributed by atoms with Crippen molar-refractivity contribution in [2.75, 3.05) is 29.1 Å². The van der Waals surface area contributed by atoms with Crippen LogP contribution in [0.1, 0.15) is 36.5 Å². The van der Waals surface area contributed by atoms with Gasteiger partial charge in [0.2, 0.25) is 0 Å². The van der Waals surface area contributed by atoms with Crippen molar-refractivity contribution in [1.29, 1.82) is 0 Å². The van der Waals surface area contributed by atoms with Gasteiger partial charge in [0.1, 0.15) is 0 Å². The molecule has 1 aliphatic rings. The zero-order valence-electron chi connectivity index (χ0n) is 17.0. The van der Waals surface area contributed by atoms with Gasteiger partial charge in [0.05, 0.1) is 21.9 Å². The molecule has 1 amide bonds. The molecule has 0 unspecified atom stereocenters. The van der Waals surface area contributed by atoms with Crippen molar-refractivity contribution in [2.24, 2.45) is 0 Å². The van der Waals surface area contributed by atoms with E-state index in [-0.39, 0.29) is 16.2 Å². The standard InChI is InChI=1S/C23H25N3O3S/c1-2-30(28,29)22-9-5-4-8-18(22)23(27)25-20-10-11-21(26-14-6-3-7-15-26)17-12-13-24-16-19(17)20/h4-5,8-13,16H,2-3,6-7,14-15H2,1H3,(H,25,27). The first-order valence-electron chi connectivity index (χ1n) is 10.3. The predicted molar refractivity (Wildman–Crippen MR) is 120 cm³/mol. The van der Waals surface area contributed by atoms with Crippen LogP contribution in [0.5, 0.6) is 0 Å². The number of aromatic nitrogens is 1. The minimum atomic E-state index is -3.51. The topological polar surface area (TPSA) is 79.4 Å². The van der Waals surface area contributed by atoms with Crippen LogP contribution in [0.15, 0.2) is 59.8 Å². The number of carbonyl (C=O) groups excluding carboxylic acids is 1. The number of hydrogen-bond donors (Lipinski definition) is 1. The third-order valence-corrected chi connectivity index (χ3v) is 7.37. The Morgan fingerprint density at radius 3 is 2.57 bits per heavy atom. The van der Waals surface area contributed by atoms with Crippen molar-refractivity contribution in [3.63, 3.8) is 0 Å². The largest absolute Gasteiger partial charge is 0.371 e. The van der Waals surface area contributed by atoms with E-state index in [4.69, 9.17) is 0 Å². The average molecular weight is 424 g/mol. The van der Waals surface area contributed by atoms with E-state index in [9.17, 15) is 13.2 Å². The molecule has 0 atom stereocenters. The van der Waals surface area contributed by atoms with Gasteiger partial charge in [-0.2, -0.15) is 0 Å². The van der Waals surface area contributed by atoms with Gasteiger partial charge in [-0.15, -0.1) is 0 Å². The van der Waals surface area contributed by atoms with Gasteiger partial charge in [-0.25, -0.2) is 8.42 Å². The summed E-state index contributed by atoms with van der Waals surface area (Å²) in [7, 11) is -3.51. The molecule has 6 nitrogen and oxygen atoms in total. The van der Waals surface area contributed by atoms with Crippen LogP contribution in [-0.2, 0) is 9.84 Å². The second kappa shape index (κ2) is 8.44. The molecule has 30 heavy (non-hydrogen) atoms. The molecule has 1 aliphatic heterocycles. The zero-order valence-corrected chi connectivity index (χ0v) is 17.8. The van der Waals surface area contributed by atoms with E-state index in [1.807, 2.05) is 18.2 Å². The highest BCUT2D eigenvalue weighted by Crippen LogP contribution is 2.33. The first kappa shape index (κ1) is 20.3. The molecule has 7 heteroatoms. The fourth-order valence-corrected chi connectivity index (χ4v) is 5.06. The summed E-state index contributed by atoms with van der Waals surface area (Å²) in [5, 5.41) is 4.77. The van der Waals surface area contributed by atoms with Crippen LogP contribution < -0.4 is 10.2 Å². The number of nitrogens with one attached hydrogen (secondary N) is 1. The van der Waals surface area contributed by atoms with Crippen molar-refractivity contribution < 1.29 is 13.2 Å². The lowest BCUT2D eigenvalue weighted by molar-refractivity contribution is 0.102. The van der Waals surface area contributed by atoms with Crippen molar-refractivity contribution in [2.45, 2.75) is 31.1 Å². The number of pyridine rings is 1. The SMILES string of the molecule is CCS(=O)(=O)c1ccccc1C(=O)Nc1ccc(N2CCCCC2)c2ccncc12. The molecule has 1 saturated heterocycles. The molecule has 0 radical (unpaired) electrons. The van der Waals surface area contributed by atoms with Gasteiger partial charge >= 0.3 is 0 Å². The molecule has 1 N–H and O–H groups in total. The highest BCUT2D eigenvalue weighted by molar-refractivity contribution is 7.91. The van der Waals surface area contributed by atoms with E-state index in [0.717, 1.165) is 29.5 Å². The van der Waals surface area contributed by atoms with Gasteiger partial charge in [0.15, 0.2) is 9.84 Å². The normalized spacial score (nSPS) is 14.6. The Balaban J connectivity index is 1.71. The van der Waals surface area contributed by atoms with Gasteiger partial charge < -0.3 is 10.2 Å². The number of amides is 1. The summed E-state index contributed by atoms with van der Waals surface area (Å²) < 4.78 is 24.8. The van der Waals surface area contributed by atoms with Crippen LogP contribution in [0.4, 0.5) is 11.4 Å². The van der Waals surface area contributed by atoms with Crippen LogP contribution in [0.3, 0.4) is 0 Å². The first-order chi connectivity index (χ1) is 14.5. The number of fused-ring (bicyclic) bond motifs is 1. The van der Waals surface area contributed by atoms with Crippen LogP contribution in [0, 0.1) is 0 Å². The van der Waals surface area contributed by atoms with Crippen molar-refractivity contribution in [3.05, 3.63) is 60.4 Å². The maximum absolute atomic E-state index is 13.0. The fourth-order valence-electron chi connectivity index (χ4n) is 3.96. The number of anilines is 2. The van der Waals surface area contributed by atoms with Crippen molar-refractivity contribution >= 4 is 37.9 Å². The molecule has 0 aliphatic carbocycles. The number of carbonyl (C=O) groups is 1. The summed E-state index contributed by atoms with van der Waals surface area (Å²) in [5.74, 6) is -0.507. The Kier molecular flexibility index (Phi) is 5.72. The van der Waals surface area contributed by atoms with Gasteiger partial charge in [-0.3, -0.25) is 9.78 Å². The Bertz CT molecular complexity index is 1190. The summed E-state index contributed by atoms with van der Waals surface area (Å²) in [6, 6.07) is 12.2. The molecule has 4 rings (SSSR count). The Hall–Kier alpha value is -2.93. The molecular formula is C23H25N3O3S. The number of rotatable bonds is 5. The molecule has 0 spiro atoms. The summed E-state index contributed by atoms with van der Waals surface area (Å²) in [6.07, 6.45) is 7.10. The van der Waals surface area contributed by atoms with E-state index < -0.39 is 15.7 Å². The van der Waals surface area contributed by atoms with E-state index in [0.29, 0.717) is 5.69 Å². The lowest BCUT2D eigenvalue weighted by Gasteiger charge is -2.30. The minimum absolute atomic E-state index is 0.0531. The summed E-state index contributed by atoms with van der Waals surface area (Å²) in [5.41, 5.74) is 1.91. The maximum atomic E-state index is 13.0. The van der Waals surface area contributed by atoms with Crippen molar-refractivity contribution in [3.8, 4) is 0 Å². The zero-order chi connectivity index (χ0) is 21.1.